The number of fused-ring (bicyclic) bond motifs is 1. The zero-order valence-corrected chi connectivity index (χ0v) is 13.2. The fraction of sp³-hybridized carbons (Fsp3) is 0.0556. The van der Waals surface area contributed by atoms with Gasteiger partial charge in [0, 0.05) is 23.6 Å². The molecule has 8 heteroatoms. The Morgan fingerprint density at radius 1 is 1.04 bits per heavy atom. The number of anilines is 2. The van der Waals surface area contributed by atoms with Crippen molar-refractivity contribution >= 4 is 22.7 Å². The third-order valence-electron chi connectivity index (χ3n) is 3.72. The van der Waals surface area contributed by atoms with E-state index in [2.05, 4.69) is 25.3 Å². The molecule has 0 aliphatic carbocycles. The number of imidazole rings is 1. The van der Waals surface area contributed by atoms with E-state index in [1.54, 1.807) is 24.3 Å². The predicted molar refractivity (Wildman–Crippen MR) is 91.8 cm³/mol. The standard InChI is InChI=1S/C18H12F3N5/c19-18(20,21)12-5-6-14-15(10-12)26-16(25-14)11-3-1-4-13(9-11)24-17-22-7-2-8-23-17/h1-10H,(H,25,26)(H,22,23,24)/i2D. The number of aromatic amines is 1. The summed E-state index contributed by atoms with van der Waals surface area (Å²) in [6.07, 6.45) is -1.66. The van der Waals surface area contributed by atoms with Crippen molar-refractivity contribution in [2.24, 2.45) is 0 Å². The smallest absolute Gasteiger partial charge is 0.338 e. The molecule has 2 N–H and O–H groups in total. The molecule has 0 bridgehead atoms. The van der Waals surface area contributed by atoms with Crippen LogP contribution in [0.15, 0.2) is 60.9 Å². The van der Waals surface area contributed by atoms with Gasteiger partial charge in [0.15, 0.2) is 0 Å². The maximum absolute atomic E-state index is 12.9. The molecule has 5 nitrogen and oxygen atoms in total. The highest BCUT2D eigenvalue weighted by Crippen LogP contribution is 2.32. The number of H-pyrrole nitrogens is 1. The highest BCUT2D eigenvalue weighted by Gasteiger charge is 2.30. The van der Waals surface area contributed by atoms with Gasteiger partial charge in [0.2, 0.25) is 5.95 Å². The molecule has 0 unspecified atom stereocenters. The van der Waals surface area contributed by atoms with Crippen molar-refractivity contribution in [2.45, 2.75) is 6.18 Å². The van der Waals surface area contributed by atoms with Crippen molar-refractivity contribution < 1.29 is 14.5 Å². The third kappa shape index (κ3) is 3.21. The first kappa shape index (κ1) is 14.9. The molecule has 26 heavy (non-hydrogen) atoms. The maximum Gasteiger partial charge on any atom is 0.416 e. The van der Waals surface area contributed by atoms with Gasteiger partial charge < -0.3 is 10.3 Å². The van der Waals surface area contributed by atoms with Crippen LogP contribution in [0.25, 0.3) is 22.4 Å². The van der Waals surface area contributed by atoms with E-state index in [1.165, 1.54) is 18.5 Å². The van der Waals surface area contributed by atoms with Crippen LogP contribution in [0.4, 0.5) is 24.8 Å². The average molecular weight is 356 g/mol. The summed E-state index contributed by atoms with van der Waals surface area (Å²) in [4.78, 5) is 15.3. The quantitative estimate of drug-likeness (QED) is 0.554. The maximum atomic E-state index is 12.9. The molecule has 0 amide bonds. The largest absolute Gasteiger partial charge is 0.416 e. The molecule has 0 radical (unpaired) electrons. The van der Waals surface area contributed by atoms with Gasteiger partial charge in [0.1, 0.15) is 5.82 Å². The minimum atomic E-state index is -4.40. The lowest BCUT2D eigenvalue weighted by Gasteiger charge is -2.05. The Morgan fingerprint density at radius 3 is 2.62 bits per heavy atom. The first-order valence-electron chi connectivity index (χ1n) is 8.11. The van der Waals surface area contributed by atoms with Gasteiger partial charge >= 0.3 is 6.18 Å². The topological polar surface area (TPSA) is 66.5 Å². The second-order valence-electron chi connectivity index (χ2n) is 5.53. The lowest BCUT2D eigenvalue weighted by Crippen LogP contribution is -2.04. The normalized spacial score (nSPS) is 12.2. The van der Waals surface area contributed by atoms with Gasteiger partial charge in [-0.05, 0) is 36.4 Å². The monoisotopic (exact) mass is 356 g/mol. The molecule has 0 saturated carbocycles. The Balaban J connectivity index is 1.66. The minimum Gasteiger partial charge on any atom is -0.338 e. The molecule has 0 fully saturated rings. The number of hydrogen-bond donors (Lipinski definition) is 2. The van der Waals surface area contributed by atoms with Gasteiger partial charge in [0.25, 0.3) is 0 Å². The lowest BCUT2D eigenvalue weighted by molar-refractivity contribution is -0.137. The third-order valence-corrected chi connectivity index (χ3v) is 3.72. The summed E-state index contributed by atoms with van der Waals surface area (Å²) >= 11 is 0. The van der Waals surface area contributed by atoms with Gasteiger partial charge in [-0.1, -0.05) is 12.1 Å². The molecule has 0 saturated heterocycles. The summed E-state index contributed by atoms with van der Waals surface area (Å²) in [6.45, 7) is 0. The number of benzene rings is 2. The van der Waals surface area contributed by atoms with Gasteiger partial charge in [-0.25, -0.2) is 15.0 Å². The molecule has 2 aromatic carbocycles. The molecule has 2 heterocycles. The summed E-state index contributed by atoms with van der Waals surface area (Å²) in [5, 5.41) is 3.01. The van der Waals surface area contributed by atoms with Gasteiger partial charge in [-0.15, -0.1) is 0 Å². The van der Waals surface area contributed by atoms with Crippen molar-refractivity contribution in [3.63, 3.8) is 0 Å². The van der Waals surface area contributed by atoms with Crippen LogP contribution >= 0.6 is 0 Å². The first-order chi connectivity index (χ1) is 12.9. The van der Waals surface area contributed by atoms with Crippen molar-refractivity contribution in [3.8, 4) is 11.4 Å². The number of rotatable bonds is 3. The Kier molecular flexibility index (Phi) is 3.52. The number of alkyl halides is 3. The van der Waals surface area contributed by atoms with Gasteiger partial charge in [-0.2, -0.15) is 13.2 Å². The highest BCUT2D eigenvalue weighted by molar-refractivity contribution is 5.80. The molecule has 130 valence electrons. The van der Waals surface area contributed by atoms with E-state index in [0.717, 1.165) is 12.1 Å². The number of halogens is 3. The van der Waals surface area contributed by atoms with E-state index in [4.69, 9.17) is 1.37 Å². The average Bonchev–Trinajstić information content (AvgIpc) is 3.07. The van der Waals surface area contributed by atoms with Gasteiger partial charge in [0.05, 0.1) is 18.0 Å². The summed E-state index contributed by atoms with van der Waals surface area (Å²) in [5.41, 5.74) is 1.41. The summed E-state index contributed by atoms with van der Waals surface area (Å²) in [6, 6.07) is 10.8. The summed E-state index contributed by atoms with van der Waals surface area (Å²) in [5.74, 6) is 0.790. The predicted octanol–water partition coefficient (Wildman–Crippen LogP) is 4.78. The number of aromatic nitrogens is 4. The lowest BCUT2D eigenvalue weighted by atomic mass is 10.2. The first-order valence-corrected chi connectivity index (χ1v) is 7.61. The Bertz CT molecular complexity index is 1110. The molecule has 4 aromatic rings. The van der Waals surface area contributed by atoms with E-state index in [1.807, 2.05) is 0 Å². The molecule has 0 aliphatic heterocycles. The zero-order valence-electron chi connectivity index (χ0n) is 14.2. The second-order valence-corrected chi connectivity index (χ2v) is 5.53. The fourth-order valence-corrected chi connectivity index (χ4v) is 2.52. The van der Waals surface area contributed by atoms with E-state index >= 15 is 0 Å². The highest BCUT2D eigenvalue weighted by atomic mass is 19.4. The number of hydrogen-bond acceptors (Lipinski definition) is 4. The SMILES string of the molecule is [2H]c1cnc(Nc2cccc(-c3nc4ccc(C(F)(F)F)cc4[nH]3)c2)nc1. The van der Waals surface area contributed by atoms with E-state index in [9.17, 15) is 13.2 Å². The molecule has 0 spiro atoms. The van der Waals surface area contributed by atoms with Crippen LogP contribution < -0.4 is 5.32 Å². The van der Waals surface area contributed by atoms with E-state index in [0.29, 0.717) is 34.1 Å². The fourth-order valence-electron chi connectivity index (χ4n) is 2.52. The van der Waals surface area contributed by atoms with Crippen molar-refractivity contribution in [2.75, 3.05) is 5.32 Å². The van der Waals surface area contributed by atoms with Crippen LogP contribution in [0.5, 0.6) is 0 Å². The van der Waals surface area contributed by atoms with E-state index < -0.39 is 11.7 Å². The van der Waals surface area contributed by atoms with Crippen molar-refractivity contribution in [1.29, 1.82) is 0 Å². The number of nitrogens with zero attached hydrogens (tertiary/aromatic N) is 3. The molecular weight excluding hydrogens is 343 g/mol. The van der Waals surface area contributed by atoms with Crippen LogP contribution in [0.3, 0.4) is 0 Å². The van der Waals surface area contributed by atoms with Gasteiger partial charge in [-0.3, -0.25) is 0 Å². The summed E-state index contributed by atoms with van der Waals surface area (Å²) < 4.78 is 46.0. The Labute approximate surface area is 147 Å². The molecule has 0 aliphatic rings. The number of nitrogens with one attached hydrogen (secondary N) is 2. The Morgan fingerprint density at radius 2 is 1.85 bits per heavy atom. The van der Waals surface area contributed by atoms with E-state index in [-0.39, 0.29) is 6.04 Å². The van der Waals surface area contributed by atoms with Crippen LogP contribution in [0, 0.1) is 0 Å². The Hall–Kier alpha value is -3.42. The molecule has 2 aromatic heterocycles. The molecule has 0 atom stereocenters. The zero-order chi connectivity index (χ0) is 19.0. The van der Waals surface area contributed by atoms with Crippen LogP contribution in [-0.2, 0) is 6.18 Å². The van der Waals surface area contributed by atoms with Crippen molar-refractivity contribution in [3.05, 3.63) is 66.5 Å². The van der Waals surface area contributed by atoms with Crippen LogP contribution in [0.1, 0.15) is 6.93 Å². The molecule has 4 rings (SSSR count). The second kappa shape index (κ2) is 6.14. The molecular formula is C18H12F3N5. The summed E-state index contributed by atoms with van der Waals surface area (Å²) in [7, 11) is 0. The minimum absolute atomic E-state index is 0.204. The van der Waals surface area contributed by atoms with Crippen LogP contribution in [0.2, 0.25) is 0 Å². The van der Waals surface area contributed by atoms with Crippen molar-refractivity contribution in [1.82, 2.24) is 19.9 Å². The van der Waals surface area contributed by atoms with Crippen LogP contribution in [-0.4, -0.2) is 19.9 Å².